The van der Waals surface area contributed by atoms with Crippen molar-refractivity contribution < 1.29 is 35.8 Å². The monoisotopic (exact) mass is 528 g/mol. The molecule has 1 aliphatic rings. The van der Waals surface area contributed by atoms with E-state index in [9.17, 15) is 31.2 Å². The minimum Gasteiger partial charge on any atom is -0.409 e. The van der Waals surface area contributed by atoms with E-state index in [1.807, 2.05) is 0 Å². The van der Waals surface area contributed by atoms with E-state index in [1.165, 1.54) is 12.1 Å². The van der Waals surface area contributed by atoms with Crippen LogP contribution in [0.4, 0.5) is 29.1 Å². The molecular formula is C15H13BrF4N6O4S. The van der Waals surface area contributed by atoms with Crippen molar-refractivity contribution >= 4 is 43.3 Å². The van der Waals surface area contributed by atoms with Gasteiger partial charge in [0.05, 0.1) is 4.47 Å². The SMILES string of the molecule is O=S(=O)(N1C=C(CNc2nonc2/C(=N/O)Nc2ccc(F)c(Br)c2)CC1)C(F)(F)F. The van der Waals surface area contributed by atoms with Gasteiger partial charge in [-0.05, 0) is 56.4 Å². The van der Waals surface area contributed by atoms with Gasteiger partial charge in [0.1, 0.15) is 5.82 Å². The van der Waals surface area contributed by atoms with Crippen molar-refractivity contribution in [1.82, 2.24) is 14.6 Å². The minimum atomic E-state index is -5.46. The number of aromatic nitrogens is 2. The molecule has 31 heavy (non-hydrogen) atoms. The summed E-state index contributed by atoms with van der Waals surface area (Å²) in [6.45, 7) is -0.432. The van der Waals surface area contributed by atoms with Gasteiger partial charge in [-0.15, -0.1) is 0 Å². The third kappa shape index (κ3) is 4.90. The second-order valence-electron chi connectivity index (χ2n) is 6.12. The summed E-state index contributed by atoms with van der Waals surface area (Å²) in [5.41, 5.74) is -4.80. The van der Waals surface area contributed by atoms with Crippen LogP contribution in [0.15, 0.2) is 44.2 Å². The molecule has 0 bridgehead atoms. The van der Waals surface area contributed by atoms with Crippen molar-refractivity contribution in [2.24, 2.45) is 5.16 Å². The lowest BCUT2D eigenvalue weighted by molar-refractivity contribution is -0.0475. The van der Waals surface area contributed by atoms with Gasteiger partial charge < -0.3 is 15.8 Å². The first kappa shape index (κ1) is 22.8. The van der Waals surface area contributed by atoms with E-state index >= 15 is 0 Å². The Morgan fingerprint density at radius 2 is 2.10 bits per heavy atom. The second-order valence-corrected chi connectivity index (χ2v) is 8.85. The van der Waals surface area contributed by atoms with Gasteiger partial charge in [0.25, 0.3) is 0 Å². The van der Waals surface area contributed by atoms with Gasteiger partial charge in [-0.3, -0.25) is 4.31 Å². The van der Waals surface area contributed by atoms with Crippen LogP contribution in [0.25, 0.3) is 0 Å². The van der Waals surface area contributed by atoms with Gasteiger partial charge in [-0.2, -0.15) is 21.6 Å². The largest absolute Gasteiger partial charge is 0.516 e. The smallest absolute Gasteiger partial charge is 0.409 e. The first-order chi connectivity index (χ1) is 14.5. The highest BCUT2D eigenvalue weighted by Gasteiger charge is 2.50. The summed E-state index contributed by atoms with van der Waals surface area (Å²) in [6.07, 6.45) is 0.948. The van der Waals surface area contributed by atoms with Crippen LogP contribution in [-0.2, 0) is 10.0 Å². The Morgan fingerprint density at radius 1 is 1.35 bits per heavy atom. The molecule has 3 rings (SSSR count). The van der Waals surface area contributed by atoms with Crippen LogP contribution in [-0.4, -0.2) is 52.7 Å². The summed E-state index contributed by atoms with van der Waals surface area (Å²) in [6, 6.07) is 3.90. The lowest BCUT2D eigenvalue weighted by atomic mass is 10.2. The summed E-state index contributed by atoms with van der Waals surface area (Å²) in [4.78, 5) is 0. The maximum Gasteiger partial charge on any atom is 0.516 e. The summed E-state index contributed by atoms with van der Waals surface area (Å²) in [5.74, 6) is -0.756. The first-order valence-corrected chi connectivity index (χ1v) is 10.5. The van der Waals surface area contributed by atoms with Gasteiger partial charge in [-0.25, -0.2) is 9.02 Å². The van der Waals surface area contributed by atoms with Crippen LogP contribution >= 0.6 is 15.9 Å². The van der Waals surface area contributed by atoms with Crippen LogP contribution in [0.5, 0.6) is 0 Å². The zero-order valence-corrected chi connectivity index (χ0v) is 17.6. The number of alkyl halides is 3. The third-order valence-corrected chi connectivity index (χ3v) is 6.16. The fraction of sp³-hybridized carbons (Fsp3) is 0.267. The van der Waals surface area contributed by atoms with Gasteiger partial charge in [0, 0.05) is 25.0 Å². The number of anilines is 2. The molecule has 0 saturated carbocycles. The van der Waals surface area contributed by atoms with Crippen molar-refractivity contribution in [1.29, 1.82) is 0 Å². The molecule has 10 nitrogen and oxygen atoms in total. The highest BCUT2D eigenvalue weighted by Crippen LogP contribution is 2.30. The molecule has 2 aromatic rings. The number of nitrogens with zero attached hydrogens (tertiary/aromatic N) is 4. The molecule has 0 atom stereocenters. The number of hydrogen-bond donors (Lipinski definition) is 3. The molecule has 0 amide bonds. The van der Waals surface area contributed by atoms with Gasteiger partial charge >= 0.3 is 15.5 Å². The summed E-state index contributed by atoms with van der Waals surface area (Å²) >= 11 is 3.01. The highest BCUT2D eigenvalue weighted by molar-refractivity contribution is 9.10. The zero-order valence-electron chi connectivity index (χ0n) is 15.2. The van der Waals surface area contributed by atoms with E-state index in [4.69, 9.17) is 0 Å². The summed E-state index contributed by atoms with van der Waals surface area (Å²) in [5, 5.41) is 24.9. The van der Waals surface area contributed by atoms with Crippen LogP contribution in [0.2, 0.25) is 0 Å². The Kier molecular flexibility index (Phi) is 6.40. The van der Waals surface area contributed by atoms with Crippen molar-refractivity contribution in [3.05, 3.63) is 46.0 Å². The maximum absolute atomic E-state index is 13.4. The average molecular weight is 529 g/mol. The molecule has 0 fully saturated rings. The van der Waals surface area contributed by atoms with E-state index in [1.54, 1.807) is 0 Å². The number of nitrogens with one attached hydrogen (secondary N) is 2. The Morgan fingerprint density at radius 3 is 2.74 bits per heavy atom. The van der Waals surface area contributed by atoms with Crippen LogP contribution < -0.4 is 10.6 Å². The predicted molar refractivity (Wildman–Crippen MR) is 103 cm³/mol. The van der Waals surface area contributed by atoms with Crippen molar-refractivity contribution in [3.63, 3.8) is 0 Å². The topological polar surface area (TPSA) is 133 Å². The maximum atomic E-state index is 13.4. The molecule has 1 aromatic heterocycles. The van der Waals surface area contributed by atoms with Crippen LogP contribution in [0.3, 0.4) is 0 Å². The fourth-order valence-corrected chi connectivity index (χ4v) is 3.81. The first-order valence-electron chi connectivity index (χ1n) is 8.31. The molecular weight excluding hydrogens is 516 g/mol. The molecule has 0 unspecified atom stereocenters. The fourth-order valence-electron chi connectivity index (χ4n) is 2.54. The standard InChI is InChI=1S/C15H13BrF4N6O4S/c16-10-5-9(1-2-11(10)17)22-14(23-27)12-13(25-30-24-12)21-6-8-3-4-26(7-8)31(28,29)15(18,19)20/h1-2,5,7,27H,3-4,6H2,(H,21,25)(H,22,23). The molecule has 3 N–H and O–H groups in total. The number of sulfonamides is 1. The molecule has 1 aromatic carbocycles. The number of halogens is 5. The quantitative estimate of drug-likeness (QED) is 0.171. The Hall–Kier alpha value is -2.88. The normalized spacial score (nSPS) is 15.2. The van der Waals surface area contributed by atoms with Crippen LogP contribution in [0, 0.1) is 5.82 Å². The molecule has 0 radical (unpaired) electrons. The molecule has 1 aliphatic heterocycles. The van der Waals surface area contributed by atoms with E-state index in [0.717, 1.165) is 12.3 Å². The molecule has 168 valence electrons. The van der Waals surface area contributed by atoms with Crippen molar-refractivity contribution in [3.8, 4) is 0 Å². The number of hydrogen-bond acceptors (Lipinski definition) is 8. The predicted octanol–water partition coefficient (Wildman–Crippen LogP) is 3.07. The van der Waals surface area contributed by atoms with E-state index in [0.29, 0.717) is 11.3 Å². The molecule has 0 aliphatic carbocycles. The molecule has 16 heteroatoms. The Labute approximate surface area is 180 Å². The third-order valence-electron chi connectivity index (χ3n) is 4.06. The van der Waals surface area contributed by atoms with Gasteiger partial charge in [0.15, 0.2) is 5.69 Å². The van der Waals surface area contributed by atoms with Crippen molar-refractivity contribution in [2.75, 3.05) is 23.7 Å². The zero-order chi connectivity index (χ0) is 22.8. The number of benzene rings is 1. The summed E-state index contributed by atoms with van der Waals surface area (Å²) in [7, 11) is -5.46. The number of amidine groups is 1. The van der Waals surface area contributed by atoms with Crippen LogP contribution in [0.1, 0.15) is 12.1 Å². The average Bonchev–Trinajstić information content (AvgIpc) is 3.36. The lowest BCUT2D eigenvalue weighted by Gasteiger charge is -2.17. The minimum absolute atomic E-state index is 0.0282. The molecule has 0 saturated heterocycles. The van der Waals surface area contributed by atoms with Gasteiger partial charge in [0.2, 0.25) is 11.7 Å². The number of oxime groups is 1. The second kappa shape index (κ2) is 8.70. The lowest BCUT2D eigenvalue weighted by Crippen LogP contribution is -2.36. The van der Waals surface area contributed by atoms with Crippen molar-refractivity contribution in [2.45, 2.75) is 11.9 Å². The van der Waals surface area contributed by atoms with E-state index < -0.39 is 21.3 Å². The Balaban J connectivity index is 1.70. The number of rotatable bonds is 6. The molecule has 0 spiro atoms. The van der Waals surface area contributed by atoms with Gasteiger partial charge in [-0.1, -0.05) is 5.16 Å². The Bertz CT molecular complexity index is 1130. The highest BCUT2D eigenvalue weighted by atomic mass is 79.9. The molecule has 2 heterocycles. The van der Waals surface area contributed by atoms with E-state index in [-0.39, 0.29) is 45.6 Å². The summed E-state index contributed by atoms with van der Waals surface area (Å²) < 4.78 is 79.2. The van der Waals surface area contributed by atoms with E-state index in [2.05, 4.69) is 46.7 Å².